The van der Waals surface area contributed by atoms with Crippen LogP contribution in [0.5, 0.6) is 0 Å². The van der Waals surface area contributed by atoms with Crippen LogP contribution < -0.4 is 16.0 Å². The second-order valence-corrected chi connectivity index (χ2v) is 7.83. The molecule has 2 aromatic carbocycles. The first-order chi connectivity index (χ1) is 15.6. The molecule has 1 fully saturated rings. The van der Waals surface area contributed by atoms with E-state index in [1.165, 1.54) is 11.9 Å². The number of rotatable bonds is 5. The van der Waals surface area contributed by atoms with Gasteiger partial charge in [-0.3, -0.25) is 4.40 Å². The van der Waals surface area contributed by atoms with Gasteiger partial charge in [0.05, 0.1) is 18.9 Å². The predicted molar refractivity (Wildman–Crippen MR) is 128 cm³/mol. The molecule has 4 aromatic rings. The van der Waals surface area contributed by atoms with Gasteiger partial charge in [-0.2, -0.15) is 0 Å². The van der Waals surface area contributed by atoms with E-state index >= 15 is 0 Å². The topological polar surface area (TPSA) is 105 Å². The number of anilines is 4. The number of nitrogens with zero attached hydrogens (tertiary/aromatic N) is 4. The molecule has 8 heteroatoms. The fourth-order valence-corrected chi connectivity index (χ4v) is 3.91. The Kier molecular flexibility index (Phi) is 5.20. The monoisotopic (exact) mass is 427 g/mol. The summed E-state index contributed by atoms with van der Waals surface area (Å²) in [5.74, 6) is 0.671. The number of nitrogens with one attached hydrogen (secondary N) is 2. The number of nitrogen functional groups attached to an aromatic ring is 1. The number of fused-ring (bicyclic) bond motifs is 1. The largest absolute Gasteiger partial charge is 0.398 e. The third kappa shape index (κ3) is 3.76. The van der Waals surface area contributed by atoms with Crippen LogP contribution in [0, 0.1) is 12.3 Å². The lowest BCUT2D eigenvalue weighted by Crippen LogP contribution is -2.36. The molecule has 1 aliphatic rings. The van der Waals surface area contributed by atoms with Crippen LogP contribution in [0.15, 0.2) is 54.9 Å². The zero-order valence-electron chi connectivity index (χ0n) is 17.9. The molecule has 0 radical (unpaired) electrons. The van der Waals surface area contributed by atoms with Gasteiger partial charge in [-0.25, -0.2) is 9.97 Å². The number of aryl methyl sites for hydroxylation is 1. The summed E-state index contributed by atoms with van der Waals surface area (Å²) in [7, 11) is 0. The normalized spacial score (nSPS) is 14.0. The molecule has 8 nitrogen and oxygen atoms in total. The van der Waals surface area contributed by atoms with Crippen LogP contribution in [0.1, 0.15) is 11.3 Å². The van der Waals surface area contributed by atoms with Gasteiger partial charge < -0.3 is 26.1 Å². The highest BCUT2D eigenvalue weighted by molar-refractivity contribution is 5.87. The Balaban J connectivity index is 1.49. The van der Waals surface area contributed by atoms with Gasteiger partial charge in [0.15, 0.2) is 11.5 Å². The van der Waals surface area contributed by atoms with E-state index in [1.807, 2.05) is 41.9 Å². The van der Waals surface area contributed by atoms with Crippen molar-refractivity contribution < 1.29 is 4.74 Å². The van der Waals surface area contributed by atoms with Crippen molar-refractivity contribution in [2.24, 2.45) is 0 Å². The molecule has 0 unspecified atom stereocenters. The molecule has 32 heavy (non-hydrogen) atoms. The van der Waals surface area contributed by atoms with Crippen molar-refractivity contribution in [2.45, 2.75) is 6.92 Å². The maximum atomic E-state index is 7.46. The van der Waals surface area contributed by atoms with E-state index in [2.05, 4.69) is 39.5 Å². The van der Waals surface area contributed by atoms with Gasteiger partial charge in [0.2, 0.25) is 0 Å². The Morgan fingerprint density at radius 3 is 2.62 bits per heavy atom. The van der Waals surface area contributed by atoms with E-state index in [0.717, 1.165) is 54.6 Å². The van der Waals surface area contributed by atoms with Gasteiger partial charge in [-0.15, -0.1) is 0 Å². The van der Waals surface area contributed by atoms with Gasteiger partial charge in [-0.05, 0) is 37.3 Å². The minimum Gasteiger partial charge on any atom is -0.398 e. The lowest BCUT2D eigenvalue weighted by Gasteiger charge is -2.28. The van der Waals surface area contributed by atoms with Crippen molar-refractivity contribution >= 4 is 34.7 Å². The van der Waals surface area contributed by atoms with E-state index in [9.17, 15) is 0 Å². The molecule has 3 heterocycles. The fraction of sp³-hybridized carbons (Fsp3) is 0.208. The van der Waals surface area contributed by atoms with Crippen molar-refractivity contribution in [3.63, 3.8) is 0 Å². The maximum absolute atomic E-state index is 7.46. The summed E-state index contributed by atoms with van der Waals surface area (Å²) in [6.45, 7) is 5.35. The van der Waals surface area contributed by atoms with Crippen molar-refractivity contribution in [3.05, 3.63) is 66.1 Å². The van der Waals surface area contributed by atoms with E-state index in [-0.39, 0.29) is 0 Å². The molecule has 2 aromatic heterocycles. The number of nitrogens with two attached hydrogens (primary N) is 1. The SMILES string of the molecule is Cc1cnc2c(Nc3ccc(N4CCOCC4)cc3)nc(-c3ccc(C=N)c(N)c3)cn12. The highest BCUT2D eigenvalue weighted by Gasteiger charge is 2.14. The zero-order valence-corrected chi connectivity index (χ0v) is 17.9. The van der Waals surface area contributed by atoms with Crippen molar-refractivity contribution in [1.82, 2.24) is 14.4 Å². The van der Waals surface area contributed by atoms with Crippen LogP contribution in [0.4, 0.5) is 22.9 Å². The minimum absolute atomic E-state index is 0.551. The second kappa shape index (κ2) is 8.32. The summed E-state index contributed by atoms with van der Waals surface area (Å²) in [6.07, 6.45) is 5.05. The van der Waals surface area contributed by atoms with Crippen molar-refractivity contribution in [1.29, 1.82) is 5.41 Å². The van der Waals surface area contributed by atoms with Gasteiger partial charge in [-0.1, -0.05) is 12.1 Å². The Hall–Kier alpha value is -3.91. The van der Waals surface area contributed by atoms with Gasteiger partial charge in [0.1, 0.15) is 0 Å². The summed E-state index contributed by atoms with van der Waals surface area (Å²) in [5.41, 5.74) is 12.9. The third-order valence-electron chi connectivity index (χ3n) is 5.72. The molecule has 1 aliphatic heterocycles. The molecule has 162 valence electrons. The molecule has 1 saturated heterocycles. The Morgan fingerprint density at radius 2 is 1.91 bits per heavy atom. The van der Waals surface area contributed by atoms with Crippen LogP contribution >= 0.6 is 0 Å². The summed E-state index contributed by atoms with van der Waals surface area (Å²) >= 11 is 0. The minimum atomic E-state index is 0.551. The maximum Gasteiger partial charge on any atom is 0.180 e. The lowest BCUT2D eigenvalue weighted by molar-refractivity contribution is 0.122. The quantitative estimate of drug-likeness (QED) is 0.330. The van der Waals surface area contributed by atoms with Crippen LogP contribution in [0.2, 0.25) is 0 Å². The molecule has 0 aliphatic carbocycles. The Bertz CT molecular complexity index is 1270. The molecule has 0 atom stereocenters. The molecular weight excluding hydrogens is 402 g/mol. The highest BCUT2D eigenvalue weighted by atomic mass is 16.5. The zero-order chi connectivity index (χ0) is 22.1. The number of hydrogen-bond donors (Lipinski definition) is 3. The second-order valence-electron chi connectivity index (χ2n) is 7.83. The molecule has 0 saturated carbocycles. The first-order valence-electron chi connectivity index (χ1n) is 10.6. The number of imidazole rings is 1. The first-order valence-corrected chi connectivity index (χ1v) is 10.6. The van der Waals surface area contributed by atoms with Gasteiger partial charge in [0.25, 0.3) is 0 Å². The summed E-state index contributed by atoms with van der Waals surface area (Å²) < 4.78 is 7.47. The van der Waals surface area contributed by atoms with E-state index in [4.69, 9.17) is 20.9 Å². The standard InChI is InChI=1S/C24H25N7O/c1-16-14-27-24-23(28-19-4-6-20(7-5-19)30-8-10-32-11-9-30)29-22(15-31(16)24)17-2-3-18(13-25)21(26)12-17/h2-7,12-15,25H,8-11,26H2,1H3,(H,28,29). The molecular formula is C24H25N7O. The summed E-state index contributed by atoms with van der Waals surface area (Å²) in [5, 5.41) is 10.9. The van der Waals surface area contributed by atoms with E-state index in [0.29, 0.717) is 17.1 Å². The Morgan fingerprint density at radius 1 is 1.12 bits per heavy atom. The molecule has 4 N–H and O–H groups in total. The van der Waals surface area contributed by atoms with E-state index in [1.54, 1.807) is 0 Å². The van der Waals surface area contributed by atoms with Crippen LogP contribution in [0.3, 0.4) is 0 Å². The van der Waals surface area contributed by atoms with Crippen LogP contribution in [-0.4, -0.2) is 46.9 Å². The number of ether oxygens (including phenoxy) is 1. The molecule has 0 amide bonds. The van der Waals surface area contributed by atoms with Crippen molar-refractivity contribution in [3.8, 4) is 11.3 Å². The van der Waals surface area contributed by atoms with Gasteiger partial charge in [0, 0.05) is 65.6 Å². The van der Waals surface area contributed by atoms with Crippen LogP contribution in [-0.2, 0) is 4.74 Å². The highest BCUT2D eigenvalue weighted by Crippen LogP contribution is 2.28. The third-order valence-corrected chi connectivity index (χ3v) is 5.72. The fourth-order valence-electron chi connectivity index (χ4n) is 3.91. The summed E-state index contributed by atoms with van der Waals surface area (Å²) in [6, 6.07) is 14.0. The number of aromatic nitrogens is 3. The molecule has 0 spiro atoms. The van der Waals surface area contributed by atoms with Crippen LogP contribution in [0.25, 0.3) is 16.9 Å². The summed E-state index contributed by atoms with van der Waals surface area (Å²) in [4.78, 5) is 11.7. The number of benzene rings is 2. The first kappa shape index (κ1) is 20.0. The smallest absolute Gasteiger partial charge is 0.180 e. The van der Waals surface area contributed by atoms with E-state index < -0.39 is 0 Å². The van der Waals surface area contributed by atoms with Crippen molar-refractivity contribution in [2.75, 3.05) is 42.3 Å². The number of hydrogen-bond acceptors (Lipinski definition) is 7. The predicted octanol–water partition coefficient (Wildman–Crippen LogP) is 3.86. The average molecular weight is 428 g/mol. The van der Waals surface area contributed by atoms with Gasteiger partial charge >= 0.3 is 0 Å². The number of morpholine rings is 1. The average Bonchev–Trinajstić information content (AvgIpc) is 3.21. The molecule has 5 rings (SSSR count). The Labute approximate surface area is 186 Å². The lowest BCUT2D eigenvalue weighted by atomic mass is 10.1. The molecule has 0 bridgehead atoms.